The highest BCUT2D eigenvalue weighted by molar-refractivity contribution is 8.02. The molecule has 0 saturated heterocycles. The van der Waals surface area contributed by atoms with Crippen LogP contribution in [0.5, 0.6) is 0 Å². The lowest BCUT2D eigenvalue weighted by Crippen LogP contribution is -2.22. The van der Waals surface area contributed by atoms with Crippen LogP contribution in [-0.4, -0.2) is 26.3 Å². The Balaban J connectivity index is 1.63. The predicted molar refractivity (Wildman–Crippen MR) is 91.4 cm³/mol. The molecule has 0 aliphatic rings. The largest absolute Gasteiger partial charge is 0.301 e. The number of thioether (sulfide) groups is 1. The average molecular weight is 348 g/mol. The van der Waals surface area contributed by atoms with Crippen LogP contribution in [0, 0.1) is 0 Å². The summed E-state index contributed by atoms with van der Waals surface area (Å²) in [6.07, 6.45) is 0. The number of benzene rings is 1. The van der Waals surface area contributed by atoms with Crippen molar-refractivity contribution in [2.24, 2.45) is 0 Å². The number of hydrogen-bond acceptors (Lipinski definition) is 7. The molecule has 1 aromatic carbocycles. The van der Waals surface area contributed by atoms with E-state index in [1.165, 1.54) is 34.4 Å². The number of anilines is 1. The number of carbonyl (C=O) groups excluding carboxylic acids is 1. The summed E-state index contributed by atoms with van der Waals surface area (Å²) in [5.74, 6) is -0.0887. The van der Waals surface area contributed by atoms with Crippen molar-refractivity contribution < 1.29 is 4.79 Å². The van der Waals surface area contributed by atoms with E-state index in [0.717, 1.165) is 15.6 Å². The molecule has 1 N–H and O–H groups in total. The minimum absolute atomic E-state index is 0.0887. The fourth-order valence-electron chi connectivity index (χ4n) is 1.70. The molecule has 3 rings (SSSR count). The Morgan fingerprint density at radius 1 is 1.27 bits per heavy atom. The molecule has 8 heteroatoms. The molecule has 0 aliphatic carbocycles. The van der Waals surface area contributed by atoms with Crippen LogP contribution in [0.2, 0.25) is 0 Å². The molecule has 2 aromatic heterocycles. The van der Waals surface area contributed by atoms with Crippen LogP contribution in [0.3, 0.4) is 0 Å². The van der Waals surface area contributed by atoms with Crippen molar-refractivity contribution in [2.75, 3.05) is 5.32 Å². The summed E-state index contributed by atoms with van der Waals surface area (Å²) in [6.45, 7) is 1.84. The third-order valence-electron chi connectivity index (χ3n) is 2.79. The third kappa shape index (κ3) is 3.70. The van der Waals surface area contributed by atoms with Gasteiger partial charge < -0.3 is 5.32 Å². The highest BCUT2D eigenvalue weighted by Gasteiger charge is 2.17. The number of aromatic nitrogens is 3. The van der Waals surface area contributed by atoms with Crippen LogP contribution in [0.4, 0.5) is 5.13 Å². The Kier molecular flexibility index (Phi) is 4.81. The van der Waals surface area contributed by atoms with E-state index in [9.17, 15) is 4.79 Å². The van der Waals surface area contributed by atoms with Gasteiger partial charge in [0.1, 0.15) is 5.51 Å². The van der Waals surface area contributed by atoms with Crippen LogP contribution in [-0.2, 0) is 4.79 Å². The van der Waals surface area contributed by atoms with Crippen LogP contribution in [0.1, 0.15) is 6.92 Å². The molecular weight excluding hydrogens is 336 g/mol. The van der Waals surface area contributed by atoms with Gasteiger partial charge in [-0.2, -0.15) is 0 Å². The fourth-order valence-corrected chi connectivity index (χ4v) is 4.05. The molecule has 112 valence electrons. The van der Waals surface area contributed by atoms with Gasteiger partial charge in [0.15, 0.2) is 9.47 Å². The summed E-state index contributed by atoms with van der Waals surface area (Å²) < 4.78 is 0.784. The van der Waals surface area contributed by atoms with Gasteiger partial charge in [-0.25, -0.2) is 4.98 Å². The molecule has 22 heavy (non-hydrogen) atoms. The maximum Gasteiger partial charge on any atom is 0.239 e. The quantitative estimate of drug-likeness (QED) is 0.711. The molecule has 0 spiro atoms. The van der Waals surface area contributed by atoms with Gasteiger partial charge >= 0.3 is 0 Å². The highest BCUT2D eigenvalue weighted by Crippen LogP contribution is 2.27. The van der Waals surface area contributed by atoms with Crippen molar-refractivity contribution in [3.05, 3.63) is 41.2 Å². The minimum atomic E-state index is -0.253. The third-order valence-corrected chi connectivity index (χ3v) is 5.46. The van der Waals surface area contributed by atoms with Crippen molar-refractivity contribution >= 4 is 45.5 Å². The minimum Gasteiger partial charge on any atom is -0.301 e. The first-order chi connectivity index (χ1) is 10.7. The van der Waals surface area contributed by atoms with Crippen molar-refractivity contribution in [1.29, 1.82) is 0 Å². The lowest BCUT2D eigenvalue weighted by atomic mass is 10.2. The second-order valence-electron chi connectivity index (χ2n) is 4.36. The maximum atomic E-state index is 12.2. The first kappa shape index (κ1) is 15.1. The molecule has 2 heterocycles. The van der Waals surface area contributed by atoms with Gasteiger partial charge in [-0.1, -0.05) is 53.4 Å². The maximum absolute atomic E-state index is 12.2. The van der Waals surface area contributed by atoms with E-state index < -0.39 is 0 Å². The zero-order valence-electron chi connectivity index (χ0n) is 11.6. The van der Waals surface area contributed by atoms with Crippen molar-refractivity contribution in [1.82, 2.24) is 15.2 Å². The fraction of sp³-hybridized carbons (Fsp3) is 0.143. The molecule has 0 fully saturated rings. The monoisotopic (exact) mass is 348 g/mol. The van der Waals surface area contributed by atoms with Crippen LogP contribution < -0.4 is 5.32 Å². The second kappa shape index (κ2) is 6.99. The SMILES string of the molecule is CC(Sc1nncs1)C(=O)Nc1nc(-c2ccccc2)cs1. The average Bonchev–Trinajstić information content (AvgIpc) is 3.20. The van der Waals surface area contributed by atoms with Gasteiger partial charge in [-0.05, 0) is 6.92 Å². The molecule has 1 atom stereocenters. The van der Waals surface area contributed by atoms with Gasteiger partial charge in [-0.3, -0.25) is 4.79 Å². The van der Waals surface area contributed by atoms with Crippen molar-refractivity contribution in [3.8, 4) is 11.3 Å². The number of nitrogens with one attached hydrogen (secondary N) is 1. The smallest absolute Gasteiger partial charge is 0.239 e. The lowest BCUT2D eigenvalue weighted by Gasteiger charge is -2.07. The normalized spacial score (nSPS) is 12.0. The van der Waals surface area contributed by atoms with Gasteiger partial charge in [0, 0.05) is 10.9 Å². The summed E-state index contributed by atoms with van der Waals surface area (Å²) in [4.78, 5) is 16.6. The molecule has 0 aliphatic heterocycles. The molecule has 3 aromatic rings. The van der Waals surface area contributed by atoms with E-state index in [4.69, 9.17) is 0 Å². The van der Waals surface area contributed by atoms with E-state index in [2.05, 4.69) is 20.5 Å². The highest BCUT2D eigenvalue weighted by atomic mass is 32.2. The van der Waals surface area contributed by atoms with Crippen LogP contribution in [0.15, 0.2) is 45.6 Å². The topological polar surface area (TPSA) is 67.8 Å². The zero-order valence-corrected chi connectivity index (χ0v) is 14.0. The van der Waals surface area contributed by atoms with Gasteiger partial charge in [-0.15, -0.1) is 21.5 Å². The predicted octanol–water partition coefficient (Wildman–Crippen LogP) is 3.78. The first-order valence-electron chi connectivity index (χ1n) is 6.47. The zero-order chi connectivity index (χ0) is 15.4. The Morgan fingerprint density at radius 2 is 2.09 bits per heavy atom. The van der Waals surface area contributed by atoms with E-state index in [0.29, 0.717) is 5.13 Å². The number of carbonyl (C=O) groups is 1. The standard InChI is InChI=1S/C14H12N4OS3/c1-9(22-14-18-15-8-21-14)12(19)17-13-16-11(7-20-13)10-5-3-2-4-6-10/h2-9H,1H3,(H,16,17,19). The summed E-state index contributed by atoms with van der Waals surface area (Å²) in [5, 5.41) is 12.8. The van der Waals surface area contributed by atoms with Crippen molar-refractivity contribution in [3.63, 3.8) is 0 Å². The Bertz CT molecular complexity index is 743. The molecular formula is C14H12N4OS3. The lowest BCUT2D eigenvalue weighted by molar-refractivity contribution is -0.115. The molecule has 1 amide bonds. The summed E-state index contributed by atoms with van der Waals surface area (Å²) in [6, 6.07) is 9.88. The number of amides is 1. The van der Waals surface area contributed by atoms with E-state index >= 15 is 0 Å². The molecule has 0 radical (unpaired) electrons. The number of nitrogens with zero attached hydrogens (tertiary/aromatic N) is 3. The Morgan fingerprint density at radius 3 is 2.82 bits per heavy atom. The van der Waals surface area contributed by atoms with Gasteiger partial charge in [0.25, 0.3) is 0 Å². The summed E-state index contributed by atoms with van der Waals surface area (Å²) in [5.41, 5.74) is 3.56. The molecule has 1 unspecified atom stereocenters. The second-order valence-corrected chi connectivity index (χ2v) is 7.64. The number of hydrogen-bond donors (Lipinski definition) is 1. The van der Waals surface area contributed by atoms with Gasteiger partial charge in [0.05, 0.1) is 10.9 Å². The van der Waals surface area contributed by atoms with E-state index in [1.54, 1.807) is 5.51 Å². The summed E-state index contributed by atoms with van der Waals surface area (Å²) in [7, 11) is 0. The van der Waals surface area contributed by atoms with Crippen LogP contribution in [0.25, 0.3) is 11.3 Å². The van der Waals surface area contributed by atoms with Gasteiger partial charge in [0.2, 0.25) is 5.91 Å². The van der Waals surface area contributed by atoms with Crippen LogP contribution >= 0.6 is 34.4 Å². The number of thiazole rings is 1. The number of rotatable bonds is 5. The molecule has 0 bridgehead atoms. The molecule has 5 nitrogen and oxygen atoms in total. The molecule has 0 saturated carbocycles. The first-order valence-corrected chi connectivity index (χ1v) is 9.11. The Hall–Kier alpha value is -1.77. The Labute approximate surface area is 139 Å². The summed E-state index contributed by atoms with van der Waals surface area (Å²) >= 11 is 4.23. The van der Waals surface area contributed by atoms with Crippen molar-refractivity contribution in [2.45, 2.75) is 16.5 Å². The van der Waals surface area contributed by atoms with E-state index in [-0.39, 0.29) is 11.2 Å². The van der Waals surface area contributed by atoms with E-state index in [1.807, 2.05) is 42.6 Å².